The Morgan fingerprint density at radius 2 is 1.53 bits per heavy atom. The first kappa shape index (κ1) is 26.6. The van der Waals surface area contributed by atoms with Crippen molar-refractivity contribution in [3.63, 3.8) is 0 Å². The van der Waals surface area contributed by atoms with Crippen molar-refractivity contribution in [3.8, 4) is 23.0 Å². The molecule has 0 spiro atoms. The maximum atomic E-state index is 13.0. The molecule has 190 valence electrons. The number of aliphatic carboxylic acids is 1. The molecule has 0 aliphatic carbocycles. The largest absolute Gasteiger partial charge is 0.496 e. The minimum atomic E-state index is -3.76. The second-order valence-corrected chi connectivity index (χ2v) is 9.58. The molecule has 0 radical (unpaired) electrons. The maximum absolute atomic E-state index is 13.0. The van der Waals surface area contributed by atoms with Gasteiger partial charge in [0.25, 0.3) is 6.04 Å². The van der Waals surface area contributed by atoms with E-state index < -0.39 is 21.8 Å². The zero-order valence-corrected chi connectivity index (χ0v) is 21.2. The third-order valence-corrected chi connectivity index (χ3v) is 6.71. The number of hydrogen-bond donors (Lipinski definition) is 1. The molecule has 0 saturated carbocycles. The van der Waals surface area contributed by atoms with E-state index in [1.165, 1.54) is 45.1 Å². The number of carbonyl (C=O) groups is 1. The highest BCUT2D eigenvalue weighted by Gasteiger charge is 2.32. The molecule has 1 heterocycles. The van der Waals surface area contributed by atoms with Crippen molar-refractivity contribution >= 4 is 21.9 Å². The minimum absolute atomic E-state index is 0.330. The Hall–Kier alpha value is -4.05. The molecule has 1 N–H and O–H groups in total. The molecule has 9 nitrogen and oxygen atoms in total. The Kier molecular flexibility index (Phi) is 8.55. The van der Waals surface area contributed by atoms with Gasteiger partial charge in [0.2, 0.25) is 0 Å². The summed E-state index contributed by atoms with van der Waals surface area (Å²) in [6.45, 7) is 0. The highest BCUT2D eigenvalue weighted by atomic mass is 32.2. The van der Waals surface area contributed by atoms with E-state index in [0.717, 1.165) is 5.41 Å². The average Bonchev–Trinajstić information content (AvgIpc) is 2.87. The van der Waals surface area contributed by atoms with Gasteiger partial charge in [0, 0.05) is 29.7 Å². The summed E-state index contributed by atoms with van der Waals surface area (Å²) in [6.07, 6.45) is 4.65. The Morgan fingerprint density at radius 3 is 2.06 bits per heavy atom. The van der Waals surface area contributed by atoms with Crippen LogP contribution in [0.15, 0.2) is 66.3 Å². The summed E-state index contributed by atoms with van der Waals surface area (Å²) in [7, 11) is 2.09. The zero-order valence-electron chi connectivity index (χ0n) is 20.4. The lowest BCUT2D eigenvalue weighted by Crippen LogP contribution is -2.44. The third-order valence-electron chi connectivity index (χ3n) is 5.42. The Balaban J connectivity index is 1.97. The van der Waals surface area contributed by atoms with Crippen molar-refractivity contribution in [1.82, 2.24) is 0 Å². The average molecular weight is 515 g/mol. The molecule has 1 unspecified atom stereocenters. The molecule has 1 atom stereocenters. The second-order valence-electron chi connectivity index (χ2n) is 7.70. The second kappa shape index (κ2) is 11.6. The predicted octanol–water partition coefficient (Wildman–Crippen LogP) is 3.27. The van der Waals surface area contributed by atoms with Crippen molar-refractivity contribution in [1.29, 1.82) is 0 Å². The predicted molar refractivity (Wildman–Crippen MR) is 133 cm³/mol. The first-order valence-corrected chi connectivity index (χ1v) is 12.5. The van der Waals surface area contributed by atoms with Crippen LogP contribution in [0, 0.1) is 0 Å². The molecule has 3 aromatic rings. The van der Waals surface area contributed by atoms with Crippen LogP contribution in [0.5, 0.6) is 23.0 Å². The van der Waals surface area contributed by atoms with Crippen molar-refractivity contribution in [2.45, 2.75) is 11.8 Å². The van der Waals surface area contributed by atoms with Gasteiger partial charge in [-0.25, -0.2) is 13.2 Å². The van der Waals surface area contributed by atoms with Crippen LogP contribution in [0.4, 0.5) is 0 Å². The normalized spacial score (nSPS) is 12.2. The van der Waals surface area contributed by atoms with Gasteiger partial charge in [0.05, 0.1) is 45.3 Å². The van der Waals surface area contributed by atoms with Gasteiger partial charge in [-0.05, 0) is 23.8 Å². The van der Waals surface area contributed by atoms with Gasteiger partial charge in [-0.15, -0.1) is 0 Å². The molecule has 1 aromatic heterocycles. The molecule has 0 aliphatic rings. The third kappa shape index (κ3) is 6.14. The van der Waals surface area contributed by atoms with Crippen molar-refractivity contribution < 1.29 is 41.8 Å². The fourth-order valence-electron chi connectivity index (χ4n) is 3.74. The van der Waals surface area contributed by atoms with E-state index >= 15 is 0 Å². The number of carboxylic acids is 1. The van der Waals surface area contributed by atoms with Gasteiger partial charge in [0.1, 0.15) is 23.0 Å². The summed E-state index contributed by atoms with van der Waals surface area (Å²) < 4.78 is 48.8. The van der Waals surface area contributed by atoms with Crippen LogP contribution in [0.25, 0.3) is 6.08 Å². The molecule has 0 fully saturated rings. The summed E-state index contributed by atoms with van der Waals surface area (Å²) in [4.78, 5) is 12.2. The van der Waals surface area contributed by atoms with Crippen molar-refractivity contribution in [3.05, 3.63) is 83.0 Å². The van der Waals surface area contributed by atoms with Crippen LogP contribution in [0.1, 0.15) is 22.7 Å². The van der Waals surface area contributed by atoms with Crippen LogP contribution >= 0.6 is 0 Å². The smallest absolute Gasteiger partial charge is 0.378 e. The minimum Gasteiger partial charge on any atom is -0.496 e. The maximum Gasteiger partial charge on any atom is 0.378 e. The zero-order chi connectivity index (χ0) is 26.3. The summed E-state index contributed by atoms with van der Waals surface area (Å²) >= 11 is 0. The van der Waals surface area contributed by atoms with E-state index in [-0.39, 0.29) is 5.75 Å². The number of carboxylic acid groups (broad SMARTS) is 1. The summed E-state index contributed by atoms with van der Waals surface area (Å²) in [5.74, 6) is 0.139. The number of rotatable bonds is 11. The van der Waals surface area contributed by atoms with Gasteiger partial charge in [0.15, 0.2) is 22.2 Å². The fraction of sp³-hybridized carbons (Fsp3) is 0.231. The van der Waals surface area contributed by atoms with Crippen LogP contribution < -0.4 is 23.5 Å². The van der Waals surface area contributed by atoms with Crippen molar-refractivity contribution in [2.24, 2.45) is 0 Å². The SMILES string of the molecule is COc1cc(OC)c(C=CS(=O)(=O)Cc2ccc(OC)c(C(C(=O)O)[n+]3ccccc3)c2)c(OC)c1. The standard InChI is InChI=1S/C26H27NO8S/c1-32-19-15-23(34-3)20(24(16-19)35-4)10-13-36(30,31)17-18-8-9-22(33-2)21(14-18)25(26(28)29)27-11-6-5-7-12-27/h5-16,25H,17H2,1-4H3/p+1. The molecule has 0 aliphatic heterocycles. The van der Waals surface area contributed by atoms with Gasteiger partial charge in [-0.1, -0.05) is 12.1 Å². The molecule has 0 saturated heterocycles. The van der Waals surface area contributed by atoms with Crippen LogP contribution in [-0.4, -0.2) is 47.9 Å². The number of nitrogens with zero attached hydrogens (tertiary/aromatic N) is 1. The molecule has 36 heavy (non-hydrogen) atoms. The Labute approximate surface area is 210 Å². The molecule has 2 aromatic carbocycles. The van der Waals surface area contributed by atoms with E-state index in [0.29, 0.717) is 39.7 Å². The topological polar surface area (TPSA) is 112 Å². The van der Waals surface area contributed by atoms with E-state index in [1.807, 2.05) is 0 Å². The number of methoxy groups -OCH3 is 4. The number of pyridine rings is 1. The molecule has 3 rings (SSSR count). The van der Waals surface area contributed by atoms with Crippen LogP contribution in [0.2, 0.25) is 0 Å². The number of sulfone groups is 1. The number of ether oxygens (including phenoxy) is 4. The van der Waals surface area contributed by atoms with Crippen molar-refractivity contribution in [2.75, 3.05) is 28.4 Å². The molecular weight excluding hydrogens is 486 g/mol. The lowest BCUT2D eigenvalue weighted by atomic mass is 10.0. The van der Waals surface area contributed by atoms with Gasteiger partial charge in [-0.2, -0.15) is 4.57 Å². The monoisotopic (exact) mass is 514 g/mol. The number of benzene rings is 2. The van der Waals surface area contributed by atoms with E-state index in [1.54, 1.807) is 54.9 Å². The first-order chi connectivity index (χ1) is 17.2. The Bertz CT molecular complexity index is 1330. The molecule has 10 heteroatoms. The summed E-state index contributed by atoms with van der Waals surface area (Å²) in [6, 6.07) is 12.0. The van der Waals surface area contributed by atoms with Gasteiger partial charge < -0.3 is 24.1 Å². The quantitative estimate of drug-likeness (QED) is 0.388. The highest BCUT2D eigenvalue weighted by Crippen LogP contribution is 2.35. The van der Waals surface area contributed by atoms with Gasteiger partial charge >= 0.3 is 5.97 Å². The number of aromatic nitrogens is 1. The van der Waals surface area contributed by atoms with E-state index in [9.17, 15) is 18.3 Å². The molecule has 0 amide bonds. The van der Waals surface area contributed by atoms with Gasteiger partial charge in [-0.3, -0.25) is 0 Å². The fourth-order valence-corrected chi connectivity index (χ4v) is 4.83. The van der Waals surface area contributed by atoms with E-state index in [2.05, 4.69) is 0 Å². The summed E-state index contributed by atoms with van der Waals surface area (Å²) in [5.41, 5.74) is 1.18. The summed E-state index contributed by atoms with van der Waals surface area (Å²) in [5, 5.41) is 11.0. The van der Waals surface area contributed by atoms with E-state index in [4.69, 9.17) is 18.9 Å². The molecular formula is C26H28NO8S+. The Morgan fingerprint density at radius 1 is 0.917 bits per heavy atom. The first-order valence-electron chi connectivity index (χ1n) is 10.8. The molecule has 0 bridgehead atoms. The van der Waals surface area contributed by atoms with Crippen LogP contribution in [0.3, 0.4) is 0 Å². The lowest BCUT2D eigenvalue weighted by Gasteiger charge is -2.14. The van der Waals surface area contributed by atoms with Crippen LogP contribution in [-0.2, 0) is 20.4 Å². The number of hydrogen-bond acceptors (Lipinski definition) is 7. The lowest BCUT2D eigenvalue weighted by molar-refractivity contribution is -0.702. The highest BCUT2D eigenvalue weighted by molar-refractivity contribution is 7.93.